The second-order valence-corrected chi connectivity index (χ2v) is 4.79. The summed E-state index contributed by atoms with van der Waals surface area (Å²) in [6, 6.07) is 5.42. The van der Waals surface area contributed by atoms with Crippen molar-refractivity contribution in [3.05, 3.63) is 39.4 Å². The maximum atomic E-state index is 11.6. The summed E-state index contributed by atoms with van der Waals surface area (Å²) in [4.78, 5) is 11.6. The van der Waals surface area contributed by atoms with Gasteiger partial charge < -0.3 is 0 Å². The van der Waals surface area contributed by atoms with Crippen LogP contribution < -0.4 is 0 Å². The molecule has 1 aromatic rings. The third kappa shape index (κ3) is 2.66. The number of hydrogen-bond donors (Lipinski definition) is 0. The fourth-order valence-corrected chi connectivity index (χ4v) is 2.16. The molecule has 0 bridgehead atoms. The normalized spacial score (nSPS) is 19.1. The zero-order valence-corrected chi connectivity index (χ0v) is 10.3. The average Bonchev–Trinajstić information content (AvgIpc) is 2.27. The number of rotatable bonds is 1. The second kappa shape index (κ2) is 5.03. The number of benzene rings is 1. The highest BCUT2D eigenvalue weighted by Gasteiger charge is 2.14. The smallest absolute Gasteiger partial charge is 0.158 e. The molecule has 0 spiro atoms. The van der Waals surface area contributed by atoms with Crippen LogP contribution in [0.4, 0.5) is 0 Å². The van der Waals surface area contributed by atoms with Crippen LogP contribution in [-0.4, -0.2) is 5.78 Å². The van der Waals surface area contributed by atoms with E-state index >= 15 is 0 Å². The third-order valence-corrected chi connectivity index (χ3v) is 3.48. The second-order valence-electron chi connectivity index (χ2n) is 3.97. The van der Waals surface area contributed by atoms with Crippen molar-refractivity contribution in [2.24, 2.45) is 0 Å². The fraction of sp³-hybridized carbons (Fsp3) is 0.308. The molecule has 1 saturated carbocycles. The van der Waals surface area contributed by atoms with E-state index in [1.807, 2.05) is 12.1 Å². The fourth-order valence-electron chi connectivity index (χ4n) is 1.86. The van der Waals surface area contributed by atoms with Crippen molar-refractivity contribution < 1.29 is 4.79 Å². The van der Waals surface area contributed by atoms with Crippen LogP contribution in [0.5, 0.6) is 0 Å². The van der Waals surface area contributed by atoms with Gasteiger partial charge in [0.15, 0.2) is 5.78 Å². The number of allylic oxidation sites excluding steroid dienone is 1. The van der Waals surface area contributed by atoms with Gasteiger partial charge in [0.25, 0.3) is 0 Å². The Morgan fingerprint density at radius 2 is 1.81 bits per heavy atom. The van der Waals surface area contributed by atoms with E-state index in [0.29, 0.717) is 16.5 Å². The zero-order chi connectivity index (χ0) is 11.5. The van der Waals surface area contributed by atoms with Crippen molar-refractivity contribution in [1.29, 1.82) is 0 Å². The summed E-state index contributed by atoms with van der Waals surface area (Å²) in [5, 5.41) is 1.07. The van der Waals surface area contributed by atoms with Crippen molar-refractivity contribution >= 4 is 35.1 Å². The molecular weight excluding hydrogens is 243 g/mol. The molecule has 1 aromatic carbocycles. The van der Waals surface area contributed by atoms with Crippen LogP contribution in [0, 0.1) is 0 Å². The lowest BCUT2D eigenvalue weighted by Gasteiger charge is -2.12. The summed E-state index contributed by atoms with van der Waals surface area (Å²) in [5.41, 5.74) is 1.85. The Morgan fingerprint density at radius 3 is 2.50 bits per heavy atom. The van der Waals surface area contributed by atoms with Crippen molar-refractivity contribution in [2.45, 2.75) is 25.7 Å². The molecule has 3 heteroatoms. The quantitative estimate of drug-likeness (QED) is 0.674. The van der Waals surface area contributed by atoms with Gasteiger partial charge in [0.05, 0.1) is 10.0 Å². The predicted molar refractivity (Wildman–Crippen MR) is 67.9 cm³/mol. The molecule has 1 aliphatic carbocycles. The number of Topliss-reactive ketones (excluding diaryl/α,β-unsaturated/α-hetero) is 1. The van der Waals surface area contributed by atoms with E-state index in [2.05, 4.69) is 0 Å². The van der Waals surface area contributed by atoms with Gasteiger partial charge in [-0.15, -0.1) is 0 Å². The molecule has 0 saturated heterocycles. The highest BCUT2D eigenvalue weighted by atomic mass is 35.5. The Labute approximate surface area is 105 Å². The van der Waals surface area contributed by atoms with Crippen LogP contribution in [0.3, 0.4) is 0 Å². The molecule has 0 atom stereocenters. The van der Waals surface area contributed by atoms with Crippen LogP contribution in [0.2, 0.25) is 10.0 Å². The highest BCUT2D eigenvalue weighted by Crippen LogP contribution is 2.26. The van der Waals surface area contributed by atoms with Crippen molar-refractivity contribution in [2.75, 3.05) is 0 Å². The van der Waals surface area contributed by atoms with Crippen LogP contribution >= 0.6 is 23.2 Å². The Hall–Kier alpha value is -0.790. The molecule has 1 aliphatic rings. The van der Waals surface area contributed by atoms with E-state index in [9.17, 15) is 4.79 Å². The van der Waals surface area contributed by atoms with Gasteiger partial charge >= 0.3 is 0 Å². The first-order valence-electron chi connectivity index (χ1n) is 5.35. The summed E-state index contributed by atoms with van der Waals surface area (Å²) >= 11 is 11.8. The molecule has 1 fully saturated rings. The summed E-state index contributed by atoms with van der Waals surface area (Å²) in [6.45, 7) is 0. The largest absolute Gasteiger partial charge is 0.295 e. The Bertz CT molecular complexity index is 449. The van der Waals surface area contributed by atoms with Crippen LogP contribution in [0.25, 0.3) is 6.08 Å². The first-order valence-corrected chi connectivity index (χ1v) is 6.11. The van der Waals surface area contributed by atoms with E-state index in [1.165, 1.54) is 0 Å². The molecule has 0 unspecified atom stereocenters. The van der Waals surface area contributed by atoms with Crippen molar-refractivity contribution in [3.63, 3.8) is 0 Å². The number of carbonyl (C=O) groups excluding carboxylic acids is 1. The number of carbonyl (C=O) groups is 1. The number of hydrogen-bond acceptors (Lipinski definition) is 1. The van der Waals surface area contributed by atoms with Gasteiger partial charge in [0.2, 0.25) is 0 Å². The minimum atomic E-state index is 0.261. The minimum absolute atomic E-state index is 0.261. The molecular formula is C13H12Cl2O. The van der Waals surface area contributed by atoms with Crippen molar-refractivity contribution in [3.8, 4) is 0 Å². The molecule has 0 amide bonds. The van der Waals surface area contributed by atoms with E-state index in [0.717, 1.165) is 30.4 Å². The highest BCUT2D eigenvalue weighted by molar-refractivity contribution is 6.42. The Balaban J connectivity index is 2.27. The lowest BCUT2D eigenvalue weighted by Crippen LogP contribution is -2.07. The maximum Gasteiger partial charge on any atom is 0.158 e. The molecule has 0 aromatic heterocycles. The van der Waals surface area contributed by atoms with Crippen LogP contribution in [-0.2, 0) is 4.79 Å². The topological polar surface area (TPSA) is 17.1 Å². The van der Waals surface area contributed by atoms with Crippen LogP contribution in [0.1, 0.15) is 31.2 Å². The first kappa shape index (κ1) is 11.7. The number of halogens is 2. The summed E-state index contributed by atoms with van der Waals surface area (Å²) in [7, 11) is 0. The maximum absolute atomic E-state index is 11.6. The van der Waals surface area contributed by atoms with Gasteiger partial charge in [-0.2, -0.15) is 0 Å². The molecule has 1 nitrogen and oxygen atoms in total. The molecule has 16 heavy (non-hydrogen) atoms. The predicted octanol–water partition coefficient (Wildman–Crippen LogP) is 4.52. The third-order valence-electron chi connectivity index (χ3n) is 2.74. The molecule has 0 heterocycles. The van der Waals surface area contributed by atoms with E-state index in [4.69, 9.17) is 23.2 Å². The van der Waals surface area contributed by atoms with E-state index in [-0.39, 0.29) is 5.78 Å². The Kier molecular flexibility index (Phi) is 3.67. The van der Waals surface area contributed by atoms with Gasteiger partial charge in [-0.05, 0) is 48.6 Å². The van der Waals surface area contributed by atoms with Gasteiger partial charge in [0, 0.05) is 6.42 Å². The van der Waals surface area contributed by atoms with Crippen molar-refractivity contribution in [1.82, 2.24) is 0 Å². The summed E-state index contributed by atoms with van der Waals surface area (Å²) < 4.78 is 0. The minimum Gasteiger partial charge on any atom is -0.295 e. The van der Waals surface area contributed by atoms with Gasteiger partial charge in [-0.25, -0.2) is 0 Å². The molecule has 0 N–H and O–H groups in total. The monoisotopic (exact) mass is 254 g/mol. The van der Waals surface area contributed by atoms with Crippen LogP contribution in [0.15, 0.2) is 23.8 Å². The number of ketones is 1. The lowest BCUT2D eigenvalue weighted by molar-refractivity contribution is -0.116. The molecule has 0 radical (unpaired) electrons. The van der Waals surface area contributed by atoms with Gasteiger partial charge in [-0.3, -0.25) is 4.79 Å². The molecule has 0 aliphatic heterocycles. The standard InChI is InChI=1S/C13H12Cl2O/c14-11-6-5-9(8-12(11)15)7-10-3-1-2-4-13(10)16/h5-8H,1-4H2/b10-7+. The molecule has 2 rings (SSSR count). The average molecular weight is 255 g/mol. The molecule has 84 valence electrons. The summed E-state index contributed by atoms with van der Waals surface area (Å²) in [5.74, 6) is 0.261. The summed E-state index contributed by atoms with van der Waals surface area (Å²) in [6.07, 6.45) is 5.58. The SMILES string of the molecule is O=C1CCCC/C1=C\c1ccc(Cl)c(Cl)c1. The van der Waals surface area contributed by atoms with E-state index in [1.54, 1.807) is 12.1 Å². The van der Waals surface area contributed by atoms with E-state index < -0.39 is 0 Å². The lowest BCUT2D eigenvalue weighted by atomic mass is 9.92. The first-order chi connectivity index (χ1) is 7.66. The van der Waals surface area contributed by atoms with Gasteiger partial charge in [-0.1, -0.05) is 29.3 Å². The Morgan fingerprint density at radius 1 is 1.06 bits per heavy atom. The van der Waals surface area contributed by atoms with Gasteiger partial charge in [0.1, 0.15) is 0 Å². The zero-order valence-electron chi connectivity index (χ0n) is 8.80.